The molecule has 4 heterocycles. The maximum absolute atomic E-state index is 6.11. The number of hydrogen-bond donors (Lipinski definition) is 0. The fraction of sp³-hybridized carbons (Fsp3) is 0.200. The molecule has 0 spiro atoms. The van der Waals surface area contributed by atoms with Gasteiger partial charge in [-0.2, -0.15) is 0 Å². The second-order valence-electron chi connectivity index (χ2n) is 6.67. The monoisotopic (exact) mass is 409 g/mol. The lowest BCUT2D eigenvalue weighted by atomic mass is 10.0. The van der Waals surface area contributed by atoms with Crippen molar-refractivity contribution in [1.82, 2.24) is 19.7 Å². The molecule has 1 atom stereocenters. The Morgan fingerprint density at radius 1 is 1.18 bits per heavy atom. The van der Waals surface area contributed by atoms with Crippen LogP contribution in [-0.2, 0) is 6.42 Å². The summed E-state index contributed by atoms with van der Waals surface area (Å²) in [6.07, 6.45) is 3.73. The highest BCUT2D eigenvalue weighted by Gasteiger charge is 2.31. The minimum Gasteiger partial charge on any atom is -0.449 e. The maximum atomic E-state index is 6.11. The maximum Gasteiger partial charge on any atom is 0.196 e. The molecule has 0 fully saturated rings. The van der Waals surface area contributed by atoms with E-state index in [2.05, 4.69) is 32.1 Å². The minimum atomic E-state index is -0.260. The van der Waals surface area contributed by atoms with E-state index in [0.717, 1.165) is 33.5 Å². The topological polar surface area (TPSA) is 69.1 Å². The number of halogens is 1. The summed E-state index contributed by atoms with van der Waals surface area (Å²) in [7, 11) is 0. The molecule has 28 heavy (non-hydrogen) atoms. The van der Waals surface area contributed by atoms with Gasteiger partial charge in [0.1, 0.15) is 23.1 Å². The average molecular weight is 410 g/mol. The summed E-state index contributed by atoms with van der Waals surface area (Å²) < 4.78 is 7.59. The van der Waals surface area contributed by atoms with Gasteiger partial charge in [0, 0.05) is 16.1 Å². The number of hydrogen-bond acceptors (Lipinski definition) is 6. The molecule has 0 radical (unpaired) electrons. The van der Waals surface area contributed by atoms with Crippen LogP contribution in [0.3, 0.4) is 0 Å². The normalized spacial score (nSPS) is 15.7. The third-order valence-corrected chi connectivity index (χ3v) is 6.13. The van der Waals surface area contributed by atoms with E-state index >= 15 is 0 Å². The van der Waals surface area contributed by atoms with Gasteiger partial charge in [-0.05, 0) is 36.9 Å². The largest absolute Gasteiger partial charge is 0.449 e. The van der Waals surface area contributed by atoms with Gasteiger partial charge in [-0.3, -0.25) is 9.56 Å². The van der Waals surface area contributed by atoms with Gasteiger partial charge in [0.05, 0.1) is 18.3 Å². The quantitative estimate of drug-likeness (QED) is 0.490. The van der Waals surface area contributed by atoms with Crippen molar-refractivity contribution in [1.29, 1.82) is 0 Å². The van der Waals surface area contributed by atoms with Crippen molar-refractivity contribution in [2.24, 2.45) is 4.99 Å². The Morgan fingerprint density at radius 2 is 2.00 bits per heavy atom. The molecule has 1 unspecified atom stereocenters. The van der Waals surface area contributed by atoms with Crippen molar-refractivity contribution in [3.63, 3.8) is 0 Å². The number of aryl methyl sites for hydroxylation is 2. The van der Waals surface area contributed by atoms with Crippen LogP contribution in [0.25, 0.3) is 5.00 Å². The molecular formula is C20H16ClN5OS. The molecule has 3 aromatic heterocycles. The number of oxazole rings is 1. The molecule has 0 bridgehead atoms. The molecule has 6 nitrogen and oxygen atoms in total. The summed E-state index contributed by atoms with van der Waals surface area (Å²) in [6, 6.07) is 7.53. The van der Waals surface area contributed by atoms with Crippen LogP contribution in [0.5, 0.6) is 0 Å². The first-order valence-corrected chi connectivity index (χ1v) is 10.1. The zero-order chi connectivity index (χ0) is 19.3. The first-order valence-electron chi connectivity index (χ1n) is 8.84. The SMILES string of the molecule is Cc1csc2c1C(c1ccc(Cl)cc1)=NC(Cc1ncco1)c1nnc(C)n1-2. The fourth-order valence-electron chi connectivity index (χ4n) is 3.49. The van der Waals surface area contributed by atoms with Crippen molar-refractivity contribution >= 4 is 28.6 Å². The van der Waals surface area contributed by atoms with E-state index in [1.54, 1.807) is 23.8 Å². The summed E-state index contributed by atoms with van der Waals surface area (Å²) in [6.45, 7) is 4.07. The zero-order valence-electron chi connectivity index (χ0n) is 15.3. The van der Waals surface area contributed by atoms with Crippen molar-refractivity contribution in [2.45, 2.75) is 26.3 Å². The second kappa shape index (κ2) is 6.68. The third kappa shape index (κ3) is 2.78. The van der Waals surface area contributed by atoms with E-state index in [1.807, 2.05) is 31.2 Å². The van der Waals surface area contributed by atoms with Crippen molar-refractivity contribution in [3.8, 4) is 5.00 Å². The van der Waals surface area contributed by atoms with E-state index in [0.29, 0.717) is 17.3 Å². The fourth-order valence-corrected chi connectivity index (χ4v) is 4.73. The van der Waals surface area contributed by atoms with E-state index in [-0.39, 0.29) is 6.04 Å². The summed E-state index contributed by atoms with van der Waals surface area (Å²) in [5.41, 5.74) is 4.21. The number of benzene rings is 1. The van der Waals surface area contributed by atoms with Crippen molar-refractivity contribution in [3.05, 3.63) is 81.4 Å². The van der Waals surface area contributed by atoms with Gasteiger partial charge in [0.25, 0.3) is 0 Å². The minimum absolute atomic E-state index is 0.260. The van der Waals surface area contributed by atoms with Gasteiger partial charge < -0.3 is 4.42 Å². The predicted molar refractivity (Wildman–Crippen MR) is 109 cm³/mol. The molecule has 0 N–H and O–H groups in total. The molecule has 0 saturated heterocycles. The first kappa shape index (κ1) is 17.3. The lowest BCUT2D eigenvalue weighted by Crippen LogP contribution is -2.09. The van der Waals surface area contributed by atoms with Crippen molar-refractivity contribution < 1.29 is 4.42 Å². The Balaban J connectivity index is 1.75. The van der Waals surface area contributed by atoms with Crippen LogP contribution in [0, 0.1) is 13.8 Å². The highest BCUT2D eigenvalue weighted by Crippen LogP contribution is 2.37. The Hall–Kier alpha value is -2.77. The summed E-state index contributed by atoms with van der Waals surface area (Å²) in [5.74, 6) is 2.25. The highest BCUT2D eigenvalue weighted by atomic mass is 35.5. The lowest BCUT2D eigenvalue weighted by molar-refractivity contribution is 0.467. The summed E-state index contributed by atoms with van der Waals surface area (Å²) >= 11 is 7.79. The molecular weight excluding hydrogens is 394 g/mol. The first-order chi connectivity index (χ1) is 13.6. The molecule has 0 aliphatic carbocycles. The van der Waals surface area contributed by atoms with E-state index in [1.165, 1.54) is 5.56 Å². The Bertz CT molecular complexity index is 1170. The molecule has 1 aliphatic rings. The lowest BCUT2D eigenvalue weighted by Gasteiger charge is -2.11. The number of rotatable bonds is 3. The van der Waals surface area contributed by atoms with Gasteiger partial charge >= 0.3 is 0 Å². The summed E-state index contributed by atoms with van der Waals surface area (Å²) in [4.78, 5) is 9.41. The Morgan fingerprint density at radius 3 is 2.75 bits per heavy atom. The van der Waals surface area contributed by atoms with Crippen LogP contribution in [0.2, 0.25) is 5.02 Å². The number of nitrogens with zero attached hydrogens (tertiary/aromatic N) is 5. The number of thiophene rings is 1. The second-order valence-corrected chi connectivity index (χ2v) is 7.96. The standard InChI is InChI=1S/C20H16ClN5OS/c1-11-10-28-20-17(11)18(13-3-5-14(21)6-4-13)23-15(9-16-22-7-8-27-16)19-25-24-12(2)26(19)20/h3-8,10,15H,9H2,1-2H3. The van der Waals surface area contributed by atoms with Gasteiger partial charge in [0.2, 0.25) is 0 Å². The van der Waals surface area contributed by atoms with Crippen LogP contribution in [0.1, 0.15) is 40.3 Å². The Labute approximate surface area is 170 Å². The van der Waals surface area contributed by atoms with Gasteiger partial charge in [-0.25, -0.2) is 4.98 Å². The molecule has 5 rings (SSSR count). The molecule has 1 aromatic carbocycles. The van der Waals surface area contributed by atoms with Crippen LogP contribution >= 0.6 is 22.9 Å². The van der Waals surface area contributed by atoms with E-state index < -0.39 is 0 Å². The summed E-state index contributed by atoms with van der Waals surface area (Å²) in [5, 5.41) is 12.7. The van der Waals surface area contributed by atoms with Gasteiger partial charge in [0.15, 0.2) is 11.7 Å². The molecule has 8 heteroatoms. The van der Waals surface area contributed by atoms with Gasteiger partial charge in [-0.1, -0.05) is 23.7 Å². The number of fused-ring (bicyclic) bond motifs is 3. The molecule has 0 saturated carbocycles. The molecule has 4 aromatic rings. The molecule has 140 valence electrons. The van der Waals surface area contributed by atoms with Crippen LogP contribution in [0.4, 0.5) is 0 Å². The van der Waals surface area contributed by atoms with E-state index in [4.69, 9.17) is 21.0 Å². The van der Waals surface area contributed by atoms with Crippen LogP contribution in [0.15, 0.2) is 51.5 Å². The number of aliphatic imine (C=N–C) groups is 1. The number of aromatic nitrogens is 4. The zero-order valence-corrected chi connectivity index (χ0v) is 16.8. The van der Waals surface area contributed by atoms with Gasteiger partial charge in [-0.15, -0.1) is 21.5 Å². The predicted octanol–water partition coefficient (Wildman–Crippen LogP) is 4.72. The molecule has 0 amide bonds. The van der Waals surface area contributed by atoms with Crippen LogP contribution in [-0.4, -0.2) is 25.5 Å². The van der Waals surface area contributed by atoms with Crippen LogP contribution < -0.4 is 0 Å². The smallest absolute Gasteiger partial charge is 0.196 e. The average Bonchev–Trinajstić information content (AvgIpc) is 3.39. The highest BCUT2D eigenvalue weighted by molar-refractivity contribution is 7.13. The van der Waals surface area contributed by atoms with E-state index in [9.17, 15) is 0 Å². The van der Waals surface area contributed by atoms with Crippen molar-refractivity contribution in [2.75, 3.05) is 0 Å². The Kier molecular flexibility index (Phi) is 4.14. The third-order valence-electron chi connectivity index (χ3n) is 4.80. The molecule has 1 aliphatic heterocycles.